The summed E-state index contributed by atoms with van der Waals surface area (Å²) in [6, 6.07) is 9.55. The molecule has 1 heterocycles. The lowest BCUT2D eigenvalue weighted by Crippen LogP contribution is -2.28. The summed E-state index contributed by atoms with van der Waals surface area (Å²) < 4.78 is 1.56. The minimum absolute atomic E-state index is 0.0609. The smallest absolute Gasteiger partial charge is 0.270 e. The van der Waals surface area contributed by atoms with Gasteiger partial charge in [-0.05, 0) is 24.1 Å². The maximum absolute atomic E-state index is 12.0. The summed E-state index contributed by atoms with van der Waals surface area (Å²) in [5.41, 5.74) is 8.23. The van der Waals surface area contributed by atoms with Gasteiger partial charge in [-0.3, -0.25) is 9.48 Å². The van der Waals surface area contributed by atoms with E-state index in [4.69, 9.17) is 5.73 Å². The first kappa shape index (κ1) is 13.3. The number of aromatic nitrogens is 2. The van der Waals surface area contributed by atoms with Crippen molar-refractivity contribution in [2.75, 3.05) is 0 Å². The van der Waals surface area contributed by atoms with Gasteiger partial charge in [0, 0.05) is 19.8 Å². The average Bonchev–Trinajstić information content (AvgIpc) is 2.85. The Kier molecular flexibility index (Phi) is 3.97. The molecule has 1 amide bonds. The molecule has 0 fully saturated rings. The highest BCUT2D eigenvalue weighted by Crippen LogP contribution is 2.14. The van der Waals surface area contributed by atoms with Crippen molar-refractivity contribution in [2.24, 2.45) is 12.8 Å². The van der Waals surface area contributed by atoms with Crippen LogP contribution in [0.25, 0.3) is 0 Å². The molecule has 1 aromatic carbocycles. The summed E-state index contributed by atoms with van der Waals surface area (Å²) in [6.45, 7) is 2.47. The molecule has 0 aliphatic rings. The van der Waals surface area contributed by atoms with E-state index < -0.39 is 0 Å². The first-order chi connectivity index (χ1) is 9.11. The molecule has 5 nitrogen and oxygen atoms in total. The number of amides is 1. The van der Waals surface area contributed by atoms with Crippen molar-refractivity contribution in [1.82, 2.24) is 15.1 Å². The largest absolute Gasteiger partial charge is 0.344 e. The van der Waals surface area contributed by atoms with E-state index in [1.807, 2.05) is 31.2 Å². The van der Waals surface area contributed by atoms with Gasteiger partial charge in [0.2, 0.25) is 0 Å². The van der Waals surface area contributed by atoms with E-state index in [-0.39, 0.29) is 11.9 Å². The second-order valence-corrected chi connectivity index (χ2v) is 4.48. The number of carbonyl (C=O) groups is 1. The van der Waals surface area contributed by atoms with Gasteiger partial charge in [0.1, 0.15) is 5.69 Å². The zero-order valence-electron chi connectivity index (χ0n) is 11.1. The van der Waals surface area contributed by atoms with Gasteiger partial charge < -0.3 is 11.1 Å². The van der Waals surface area contributed by atoms with Crippen molar-refractivity contribution in [3.63, 3.8) is 0 Å². The molecule has 1 unspecified atom stereocenters. The standard InChI is InChI=1S/C14H18N4O/c1-10(12-5-3-11(9-15)4-6-12)17-14(19)13-7-8-16-18(13)2/h3-8,10H,9,15H2,1-2H3,(H,17,19). The van der Waals surface area contributed by atoms with Gasteiger partial charge in [0.05, 0.1) is 6.04 Å². The predicted octanol–water partition coefficient (Wildman–Crippen LogP) is 1.37. The Labute approximate surface area is 112 Å². The van der Waals surface area contributed by atoms with Crippen LogP contribution in [0.5, 0.6) is 0 Å². The van der Waals surface area contributed by atoms with Crippen LogP contribution in [0.4, 0.5) is 0 Å². The Morgan fingerprint density at radius 3 is 2.58 bits per heavy atom. The molecular weight excluding hydrogens is 240 g/mol. The molecule has 0 spiro atoms. The molecule has 0 saturated heterocycles. The van der Waals surface area contributed by atoms with Crippen LogP contribution in [-0.2, 0) is 13.6 Å². The average molecular weight is 258 g/mol. The van der Waals surface area contributed by atoms with Gasteiger partial charge in [-0.2, -0.15) is 5.10 Å². The number of hydrogen-bond donors (Lipinski definition) is 2. The molecule has 2 aromatic rings. The van der Waals surface area contributed by atoms with Crippen LogP contribution in [0.3, 0.4) is 0 Å². The van der Waals surface area contributed by atoms with Gasteiger partial charge in [-0.25, -0.2) is 0 Å². The van der Waals surface area contributed by atoms with Gasteiger partial charge in [-0.1, -0.05) is 24.3 Å². The number of carbonyl (C=O) groups excluding carboxylic acids is 1. The van der Waals surface area contributed by atoms with E-state index in [2.05, 4.69) is 10.4 Å². The Bertz CT molecular complexity index is 559. The molecule has 1 aromatic heterocycles. The highest BCUT2D eigenvalue weighted by molar-refractivity contribution is 5.92. The Morgan fingerprint density at radius 2 is 2.05 bits per heavy atom. The summed E-state index contributed by atoms with van der Waals surface area (Å²) in [4.78, 5) is 12.0. The monoisotopic (exact) mass is 258 g/mol. The number of nitrogens with one attached hydrogen (secondary N) is 1. The van der Waals surface area contributed by atoms with Gasteiger partial charge >= 0.3 is 0 Å². The zero-order valence-corrected chi connectivity index (χ0v) is 11.1. The fraction of sp³-hybridized carbons (Fsp3) is 0.286. The summed E-state index contributed by atoms with van der Waals surface area (Å²) in [6.07, 6.45) is 1.61. The first-order valence-corrected chi connectivity index (χ1v) is 6.19. The molecule has 2 rings (SSSR count). The highest BCUT2D eigenvalue weighted by atomic mass is 16.2. The van der Waals surface area contributed by atoms with Crippen LogP contribution in [0, 0.1) is 0 Å². The van der Waals surface area contributed by atoms with E-state index in [9.17, 15) is 4.79 Å². The molecule has 3 N–H and O–H groups in total. The topological polar surface area (TPSA) is 72.9 Å². The fourth-order valence-electron chi connectivity index (χ4n) is 1.89. The van der Waals surface area contributed by atoms with E-state index in [0.717, 1.165) is 11.1 Å². The second-order valence-electron chi connectivity index (χ2n) is 4.48. The van der Waals surface area contributed by atoms with Crippen LogP contribution in [0.2, 0.25) is 0 Å². The summed E-state index contributed by atoms with van der Waals surface area (Å²) in [7, 11) is 1.75. The molecule has 0 aliphatic heterocycles. The Balaban J connectivity index is 2.06. The first-order valence-electron chi connectivity index (χ1n) is 6.19. The molecule has 100 valence electrons. The summed E-state index contributed by atoms with van der Waals surface area (Å²) >= 11 is 0. The highest BCUT2D eigenvalue weighted by Gasteiger charge is 2.13. The summed E-state index contributed by atoms with van der Waals surface area (Å²) in [5, 5.41) is 6.93. The van der Waals surface area contributed by atoms with Crippen molar-refractivity contribution in [2.45, 2.75) is 19.5 Å². The number of hydrogen-bond acceptors (Lipinski definition) is 3. The lowest BCUT2D eigenvalue weighted by Gasteiger charge is -2.14. The Morgan fingerprint density at radius 1 is 1.37 bits per heavy atom. The van der Waals surface area contributed by atoms with E-state index in [0.29, 0.717) is 12.2 Å². The third kappa shape index (κ3) is 3.00. The van der Waals surface area contributed by atoms with Crippen LogP contribution in [0.15, 0.2) is 36.5 Å². The van der Waals surface area contributed by atoms with Gasteiger partial charge in [0.15, 0.2) is 0 Å². The van der Waals surface area contributed by atoms with Crippen LogP contribution >= 0.6 is 0 Å². The van der Waals surface area contributed by atoms with Crippen molar-refractivity contribution in [1.29, 1.82) is 0 Å². The number of nitrogens with two attached hydrogens (primary N) is 1. The lowest BCUT2D eigenvalue weighted by atomic mass is 10.1. The van der Waals surface area contributed by atoms with Crippen LogP contribution in [-0.4, -0.2) is 15.7 Å². The third-order valence-electron chi connectivity index (χ3n) is 3.12. The van der Waals surface area contributed by atoms with E-state index in [1.54, 1.807) is 24.0 Å². The van der Waals surface area contributed by atoms with Crippen LogP contribution in [0.1, 0.15) is 34.6 Å². The normalized spacial score (nSPS) is 12.2. The minimum atomic E-state index is -0.129. The maximum atomic E-state index is 12.0. The Hall–Kier alpha value is -2.14. The van der Waals surface area contributed by atoms with E-state index in [1.165, 1.54) is 0 Å². The molecule has 0 radical (unpaired) electrons. The third-order valence-corrected chi connectivity index (χ3v) is 3.12. The van der Waals surface area contributed by atoms with Crippen molar-refractivity contribution in [3.8, 4) is 0 Å². The molecule has 19 heavy (non-hydrogen) atoms. The lowest BCUT2D eigenvalue weighted by molar-refractivity contribution is 0.0930. The van der Waals surface area contributed by atoms with Gasteiger partial charge in [-0.15, -0.1) is 0 Å². The minimum Gasteiger partial charge on any atom is -0.344 e. The maximum Gasteiger partial charge on any atom is 0.270 e. The fourth-order valence-corrected chi connectivity index (χ4v) is 1.89. The number of aryl methyl sites for hydroxylation is 1. The molecule has 0 aliphatic carbocycles. The predicted molar refractivity (Wildman–Crippen MR) is 73.4 cm³/mol. The van der Waals surface area contributed by atoms with Crippen molar-refractivity contribution in [3.05, 3.63) is 53.3 Å². The number of nitrogens with zero attached hydrogens (tertiary/aromatic N) is 2. The number of benzene rings is 1. The zero-order chi connectivity index (χ0) is 13.8. The molecule has 0 saturated carbocycles. The molecule has 1 atom stereocenters. The number of rotatable bonds is 4. The van der Waals surface area contributed by atoms with E-state index >= 15 is 0 Å². The second kappa shape index (κ2) is 5.67. The quantitative estimate of drug-likeness (QED) is 0.870. The molecular formula is C14H18N4O. The molecule has 5 heteroatoms. The van der Waals surface area contributed by atoms with Crippen LogP contribution < -0.4 is 11.1 Å². The SMILES string of the molecule is CC(NC(=O)c1ccnn1C)c1ccc(CN)cc1. The van der Waals surface area contributed by atoms with Crippen molar-refractivity contribution >= 4 is 5.91 Å². The van der Waals surface area contributed by atoms with Gasteiger partial charge in [0.25, 0.3) is 5.91 Å². The molecule has 0 bridgehead atoms. The van der Waals surface area contributed by atoms with Crippen molar-refractivity contribution < 1.29 is 4.79 Å². The summed E-state index contributed by atoms with van der Waals surface area (Å²) in [5.74, 6) is -0.129.